The summed E-state index contributed by atoms with van der Waals surface area (Å²) in [6.45, 7) is 0. The van der Waals surface area contributed by atoms with Crippen molar-refractivity contribution in [1.82, 2.24) is 5.48 Å². The van der Waals surface area contributed by atoms with Crippen LogP contribution in [0.1, 0.15) is 17.2 Å². The first-order valence-electron chi connectivity index (χ1n) is 5.30. The van der Waals surface area contributed by atoms with Gasteiger partial charge in [-0.1, -0.05) is 60.7 Å². The van der Waals surface area contributed by atoms with Crippen molar-refractivity contribution in [3.05, 3.63) is 71.8 Å². The third-order valence-corrected chi connectivity index (χ3v) is 2.50. The van der Waals surface area contributed by atoms with Gasteiger partial charge in [-0.15, -0.1) is 0 Å². The van der Waals surface area contributed by atoms with Crippen LogP contribution in [-0.4, -0.2) is 7.11 Å². The van der Waals surface area contributed by atoms with Gasteiger partial charge in [-0.2, -0.15) is 5.48 Å². The molecule has 2 nitrogen and oxygen atoms in total. The Morgan fingerprint density at radius 3 is 1.62 bits per heavy atom. The smallest absolute Gasteiger partial charge is 0.0821 e. The number of hydrogen-bond donors (Lipinski definition) is 1. The van der Waals surface area contributed by atoms with Crippen LogP contribution >= 0.6 is 0 Å². The normalized spacial score (nSPS) is 10.6. The average Bonchev–Trinajstić information content (AvgIpc) is 2.38. The first kappa shape index (κ1) is 10.9. The van der Waals surface area contributed by atoms with Crippen LogP contribution in [0.25, 0.3) is 0 Å². The largest absolute Gasteiger partial charge is 0.304 e. The Kier molecular flexibility index (Phi) is 3.70. The summed E-state index contributed by atoms with van der Waals surface area (Å²) in [5.41, 5.74) is 5.40. The molecule has 2 heteroatoms. The van der Waals surface area contributed by atoms with Gasteiger partial charge in [0.25, 0.3) is 0 Å². The molecule has 82 valence electrons. The van der Waals surface area contributed by atoms with Gasteiger partial charge in [-0.3, -0.25) is 0 Å². The lowest BCUT2D eigenvalue weighted by Crippen LogP contribution is -2.20. The fourth-order valence-corrected chi connectivity index (χ4v) is 1.74. The predicted octanol–water partition coefficient (Wildman–Crippen LogP) is 2.93. The van der Waals surface area contributed by atoms with Crippen LogP contribution in [-0.2, 0) is 4.84 Å². The van der Waals surface area contributed by atoms with Crippen molar-refractivity contribution in [2.24, 2.45) is 0 Å². The molecule has 0 aliphatic rings. The van der Waals surface area contributed by atoms with Crippen molar-refractivity contribution in [3.8, 4) is 0 Å². The van der Waals surface area contributed by atoms with Crippen molar-refractivity contribution in [3.63, 3.8) is 0 Å². The molecule has 0 saturated heterocycles. The van der Waals surface area contributed by atoms with E-state index in [1.807, 2.05) is 36.4 Å². The third kappa shape index (κ3) is 2.48. The molecule has 2 aromatic rings. The van der Waals surface area contributed by atoms with E-state index in [9.17, 15) is 0 Å². The fourth-order valence-electron chi connectivity index (χ4n) is 1.74. The van der Waals surface area contributed by atoms with Crippen LogP contribution in [0, 0.1) is 0 Å². The maximum Gasteiger partial charge on any atom is 0.0821 e. The lowest BCUT2D eigenvalue weighted by molar-refractivity contribution is 0.0716. The van der Waals surface area contributed by atoms with E-state index in [-0.39, 0.29) is 6.04 Å². The highest BCUT2D eigenvalue weighted by Crippen LogP contribution is 2.21. The SMILES string of the molecule is CONC(c1ccccc1)c1ccccc1. The number of rotatable bonds is 4. The molecule has 0 aromatic heterocycles. The minimum atomic E-state index is 0.0763. The minimum absolute atomic E-state index is 0.0763. The Labute approximate surface area is 95.8 Å². The van der Waals surface area contributed by atoms with Gasteiger partial charge in [-0.05, 0) is 11.1 Å². The number of nitrogens with one attached hydrogen (secondary N) is 1. The van der Waals surface area contributed by atoms with Crippen molar-refractivity contribution < 1.29 is 4.84 Å². The van der Waals surface area contributed by atoms with Crippen LogP contribution in [0.2, 0.25) is 0 Å². The Bertz CT molecular complexity index is 374. The van der Waals surface area contributed by atoms with E-state index in [2.05, 4.69) is 29.7 Å². The Morgan fingerprint density at radius 1 is 0.812 bits per heavy atom. The molecule has 0 saturated carbocycles. The van der Waals surface area contributed by atoms with E-state index in [0.717, 1.165) is 0 Å². The molecule has 0 amide bonds. The van der Waals surface area contributed by atoms with E-state index in [4.69, 9.17) is 4.84 Å². The molecular weight excluding hydrogens is 198 g/mol. The Morgan fingerprint density at radius 2 is 1.25 bits per heavy atom. The number of hydroxylamine groups is 1. The molecule has 0 fully saturated rings. The van der Waals surface area contributed by atoms with Gasteiger partial charge >= 0.3 is 0 Å². The van der Waals surface area contributed by atoms with Crippen LogP contribution in [0.3, 0.4) is 0 Å². The molecule has 0 radical (unpaired) electrons. The zero-order valence-corrected chi connectivity index (χ0v) is 9.26. The molecule has 16 heavy (non-hydrogen) atoms. The van der Waals surface area contributed by atoms with E-state index in [1.54, 1.807) is 7.11 Å². The molecule has 2 aromatic carbocycles. The molecule has 1 N–H and O–H groups in total. The molecule has 0 spiro atoms. The summed E-state index contributed by atoms with van der Waals surface area (Å²) < 4.78 is 0. The molecule has 0 unspecified atom stereocenters. The van der Waals surface area contributed by atoms with Gasteiger partial charge in [0.2, 0.25) is 0 Å². The Balaban J connectivity index is 2.31. The van der Waals surface area contributed by atoms with E-state index < -0.39 is 0 Å². The summed E-state index contributed by atoms with van der Waals surface area (Å²) in [6.07, 6.45) is 0. The summed E-state index contributed by atoms with van der Waals surface area (Å²) in [5.74, 6) is 0. The average molecular weight is 213 g/mol. The van der Waals surface area contributed by atoms with Crippen molar-refractivity contribution in [2.75, 3.05) is 7.11 Å². The molecule has 0 bridgehead atoms. The zero-order chi connectivity index (χ0) is 11.2. The van der Waals surface area contributed by atoms with Crippen LogP contribution in [0.5, 0.6) is 0 Å². The highest BCUT2D eigenvalue weighted by Gasteiger charge is 2.12. The maximum atomic E-state index is 5.06. The van der Waals surface area contributed by atoms with E-state index >= 15 is 0 Å². The van der Waals surface area contributed by atoms with E-state index in [0.29, 0.717) is 0 Å². The minimum Gasteiger partial charge on any atom is -0.304 e. The first-order valence-corrected chi connectivity index (χ1v) is 5.30. The third-order valence-electron chi connectivity index (χ3n) is 2.50. The predicted molar refractivity (Wildman–Crippen MR) is 64.9 cm³/mol. The lowest BCUT2D eigenvalue weighted by Gasteiger charge is -2.17. The fraction of sp³-hybridized carbons (Fsp3) is 0.143. The Hall–Kier alpha value is -1.64. The molecule has 0 aliphatic carbocycles. The molecule has 0 aliphatic heterocycles. The van der Waals surface area contributed by atoms with Crippen molar-refractivity contribution in [1.29, 1.82) is 0 Å². The standard InChI is InChI=1S/C14H15NO/c1-16-15-14(12-8-4-2-5-9-12)13-10-6-3-7-11-13/h2-11,14-15H,1H3. The van der Waals surface area contributed by atoms with Gasteiger partial charge in [0.1, 0.15) is 0 Å². The van der Waals surface area contributed by atoms with Gasteiger partial charge in [0.15, 0.2) is 0 Å². The zero-order valence-electron chi connectivity index (χ0n) is 9.26. The second-order valence-electron chi connectivity index (χ2n) is 3.58. The van der Waals surface area contributed by atoms with Gasteiger partial charge in [-0.25, -0.2) is 0 Å². The molecular formula is C14H15NO. The number of benzene rings is 2. The quantitative estimate of drug-likeness (QED) is 0.788. The molecule has 2 rings (SSSR count). The summed E-state index contributed by atoms with van der Waals surface area (Å²) in [5, 5.41) is 0. The number of hydrogen-bond acceptors (Lipinski definition) is 2. The second kappa shape index (κ2) is 5.45. The molecule has 0 atom stereocenters. The highest BCUT2D eigenvalue weighted by atomic mass is 16.6. The topological polar surface area (TPSA) is 21.3 Å². The summed E-state index contributed by atoms with van der Waals surface area (Å²) in [7, 11) is 1.64. The summed E-state index contributed by atoms with van der Waals surface area (Å²) in [6, 6.07) is 20.6. The maximum absolute atomic E-state index is 5.06. The van der Waals surface area contributed by atoms with Gasteiger partial charge in [0.05, 0.1) is 13.2 Å². The second-order valence-corrected chi connectivity index (χ2v) is 3.58. The van der Waals surface area contributed by atoms with Crippen LogP contribution in [0.4, 0.5) is 0 Å². The summed E-state index contributed by atoms with van der Waals surface area (Å²) in [4.78, 5) is 5.06. The van der Waals surface area contributed by atoms with E-state index in [1.165, 1.54) is 11.1 Å². The summed E-state index contributed by atoms with van der Waals surface area (Å²) >= 11 is 0. The first-order chi connectivity index (χ1) is 7.92. The lowest BCUT2D eigenvalue weighted by atomic mass is 10.00. The van der Waals surface area contributed by atoms with Crippen molar-refractivity contribution in [2.45, 2.75) is 6.04 Å². The van der Waals surface area contributed by atoms with Gasteiger partial charge in [0, 0.05) is 0 Å². The van der Waals surface area contributed by atoms with Crippen LogP contribution in [0.15, 0.2) is 60.7 Å². The van der Waals surface area contributed by atoms with Crippen molar-refractivity contribution >= 4 is 0 Å². The highest BCUT2D eigenvalue weighted by molar-refractivity contribution is 5.30. The molecule has 0 heterocycles. The monoisotopic (exact) mass is 213 g/mol. The van der Waals surface area contributed by atoms with Gasteiger partial charge < -0.3 is 4.84 Å². The van der Waals surface area contributed by atoms with Crippen LogP contribution < -0.4 is 5.48 Å².